The maximum Gasteiger partial charge on any atom is 0.525 e. The first-order chi connectivity index (χ1) is 12.1. The molecule has 26 heavy (non-hydrogen) atoms. The molecule has 0 atom stereocenters. The zero-order chi connectivity index (χ0) is 19.1. The van der Waals surface area contributed by atoms with Gasteiger partial charge in [0.25, 0.3) is 0 Å². The quantitative estimate of drug-likeness (QED) is 0.779. The second-order valence-corrected chi connectivity index (χ2v) is 7.89. The Balaban J connectivity index is 1.73. The zero-order valence-electron chi connectivity index (χ0n) is 16.2. The maximum absolute atomic E-state index is 14.6. The highest BCUT2D eigenvalue weighted by molar-refractivity contribution is 6.54. The molecule has 0 aliphatic carbocycles. The number of halogens is 1. The Morgan fingerprint density at radius 1 is 1.19 bits per heavy atom. The van der Waals surface area contributed by atoms with E-state index in [1.807, 2.05) is 27.7 Å². The van der Waals surface area contributed by atoms with Crippen molar-refractivity contribution in [2.24, 2.45) is 0 Å². The van der Waals surface area contributed by atoms with Gasteiger partial charge in [-0.05, 0) is 58.7 Å². The third-order valence-corrected chi connectivity index (χ3v) is 5.15. The molecule has 1 aromatic heterocycles. The Morgan fingerprint density at radius 2 is 1.85 bits per heavy atom. The minimum Gasteiger partial charge on any atom is -0.398 e. The first-order valence-electron chi connectivity index (χ1n) is 8.76. The van der Waals surface area contributed by atoms with Gasteiger partial charge in [0.1, 0.15) is 11.4 Å². The molecule has 0 spiro atoms. The lowest BCUT2D eigenvalue weighted by molar-refractivity contribution is 0.00578. The van der Waals surface area contributed by atoms with Gasteiger partial charge in [-0.1, -0.05) is 29.0 Å². The summed E-state index contributed by atoms with van der Waals surface area (Å²) in [7, 11) is -1.02. The van der Waals surface area contributed by atoms with Gasteiger partial charge in [-0.2, -0.15) is 0 Å². The van der Waals surface area contributed by atoms with Gasteiger partial charge in [0.15, 0.2) is 0 Å². The van der Waals surface area contributed by atoms with Crippen molar-refractivity contribution in [3.63, 3.8) is 0 Å². The smallest absolute Gasteiger partial charge is 0.398 e. The SMILES string of the molecule is Cc1ccc(Cn2cc(C=C(F)B3OC(C)(C)C(C)(C)O3)nn2)c(C)c1. The van der Waals surface area contributed by atoms with Crippen LogP contribution >= 0.6 is 0 Å². The summed E-state index contributed by atoms with van der Waals surface area (Å²) in [5.41, 5.74) is 2.33. The van der Waals surface area contributed by atoms with Crippen LogP contribution in [0.2, 0.25) is 0 Å². The highest BCUT2D eigenvalue weighted by Crippen LogP contribution is 2.38. The standard InChI is InChI=1S/C19H25BFN3O2/c1-13-7-8-15(14(2)9-13)11-24-12-16(22-23-24)10-17(21)20-25-18(3,4)19(5,6)26-20/h7-10,12H,11H2,1-6H3. The largest absolute Gasteiger partial charge is 0.525 e. The number of aromatic nitrogens is 3. The molecule has 1 aliphatic heterocycles. The van der Waals surface area contributed by atoms with E-state index in [1.54, 1.807) is 10.9 Å². The topological polar surface area (TPSA) is 49.2 Å². The van der Waals surface area contributed by atoms with Gasteiger partial charge in [-0.3, -0.25) is 0 Å². The molecule has 3 rings (SSSR count). The number of hydrogen-bond donors (Lipinski definition) is 0. The van der Waals surface area contributed by atoms with Crippen molar-refractivity contribution in [2.75, 3.05) is 0 Å². The van der Waals surface area contributed by atoms with E-state index < -0.39 is 24.0 Å². The molecule has 0 bridgehead atoms. The summed E-state index contributed by atoms with van der Waals surface area (Å²) in [6, 6.07) is 6.27. The van der Waals surface area contributed by atoms with Crippen molar-refractivity contribution in [1.29, 1.82) is 0 Å². The molecule has 0 amide bonds. The van der Waals surface area contributed by atoms with E-state index in [2.05, 4.69) is 42.4 Å². The number of aryl methyl sites for hydroxylation is 2. The molecule has 5 nitrogen and oxygen atoms in total. The lowest BCUT2D eigenvalue weighted by Gasteiger charge is -2.32. The third kappa shape index (κ3) is 3.74. The minimum atomic E-state index is -1.02. The molecule has 1 aromatic carbocycles. The van der Waals surface area contributed by atoms with Crippen LogP contribution < -0.4 is 0 Å². The summed E-state index contributed by atoms with van der Waals surface area (Å²) in [5.74, 6) is 0. The molecule has 1 saturated heterocycles. The van der Waals surface area contributed by atoms with Crippen molar-refractivity contribution < 1.29 is 13.7 Å². The first kappa shape index (κ1) is 18.8. The number of hydrogen-bond acceptors (Lipinski definition) is 4. The van der Waals surface area contributed by atoms with Crippen molar-refractivity contribution in [1.82, 2.24) is 15.0 Å². The summed E-state index contributed by atoms with van der Waals surface area (Å²) in [4.78, 5) is 0. The molecule has 1 fully saturated rings. The van der Waals surface area contributed by atoms with Gasteiger partial charge in [0.2, 0.25) is 0 Å². The second kappa shape index (κ2) is 6.63. The van der Waals surface area contributed by atoms with Crippen LogP contribution in [0.1, 0.15) is 50.1 Å². The average Bonchev–Trinajstić information content (AvgIpc) is 3.04. The normalized spacial score (nSPS) is 19.2. The first-order valence-corrected chi connectivity index (χ1v) is 8.76. The molecule has 7 heteroatoms. The number of benzene rings is 1. The highest BCUT2D eigenvalue weighted by Gasteiger charge is 2.53. The van der Waals surface area contributed by atoms with Crippen LogP contribution in [0.4, 0.5) is 4.39 Å². The molecule has 2 aromatic rings. The second-order valence-electron chi connectivity index (χ2n) is 7.89. The van der Waals surface area contributed by atoms with Crippen molar-refractivity contribution in [2.45, 2.75) is 59.3 Å². The Labute approximate surface area is 154 Å². The van der Waals surface area contributed by atoms with E-state index in [0.717, 1.165) is 5.56 Å². The Kier molecular flexibility index (Phi) is 4.79. The molecule has 0 saturated carbocycles. The fourth-order valence-electron chi connectivity index (χ4n) is 2.82. The van der Waals surface area contributed by atoms with E-state index in [4.69, 9.17) is 9.31 Å². The van der Waals surface area contributed by atoms with E-state index in [1.165, 1.54) is 17.2 Å². The summed E-state index contributed by atoms with van der Waals surface area (Å²) >= 11 is 0. The van der Waals surface area contributed by atoms with Crippen molar-refractivity contribution >= 4 is 13.2 Å². The fraction of sp³-hybridized carbons (Fsp3) is 0.474. The van der Waals surface area contributed by atoms with Crippen LogP contribution in [0, 0.1) is 13.8 Å². The van der Waals surface area contributed by atoms with E-state index in [-0.39, 0.29) is 0 Å². The van der Waals surface area contributed by atoms with E-state index in [9.17, 15) is 4.39 Å². The van der Waals surface area contributed by atoms with Crippen LogP contribution in [-0.2, 0) is 15.9 Å². The lowest BCUT2D eigenvalue weighted by Crippen LogP contribution is -2.41. The van der Waals surface area contributed by atoms with Crippen molar-refractivity contribution in [3.05, 3.63) is 52.5 Å². The van der Waals surface area contributed by atoms with Crippen LogP contribution in [0.5, 0.6) is 0 Å². The minimum absolute atomic E-state index is 0.432. The molecular formula is C19H25BFN3O2. The molecule has 0 radical (unpaired) electrons. The van der Waals surface area contributed by atoms with Crippen LogP contribution in [0.15, 0.2) is 30.1 Å². The highest BCUT2D eigenvalue weighted by atomic mass is 19.1. The Bertz CT molecular complexity index is 829. The van der Waals surface area contributed by atoms with Gasteiger partial charge in [0.05, 0.1) is 23.9 Å². The lowest BCUT2D eigenvalue weighted by atomic mass is 9.87. The molecule has 0 unspecified atom stereocenters. The van der Waals surface area contributed by atoms with Crippen molar-refractivity contribution in [3.8, 4) is 0 Å². The maximum atomic E-state index is 14.6. The summed E-state index contributed by atoms with van der Waals surface area (Å²) in [6.07, 6.45) is 3.03. The van der Waals surface area contributed by atoms with Crippen LogP contribution in [-0.4, -0.2) is 33.3 Å². The van der Waals surface area contributed by atoms with Crippen LogP contribution in [0.25, 0.3) is 6.08 Å². The summed E-state index contributed by atoms with van der Waals surface area (Å²) in [5, 5.41) is 8.11. The van der Waals surface area contributed by atoms with Gasteiger partial charge in [-0.15, -0.1) is 5.10 Å². The van der Waals surface area contributed by atoms with Gasteiger partial charge in [-0.25, -0.2) is 9.07 Å². The molecule has 2 heterocycles. The van der Waals surface area contributed by atoms with Gasteiger partial charge < -0.3 is 9.31 Å². The predicted molar refractivity (Wildman–Crippen MR) is 100 cm³/mol. The monoisotopic (exact) mass is 357 g/mol. The zero-order valence-corrected chi connectivity index (χ0v) is 16.2. The Morgan fingerprint density at radius 3 is 2.46 bits per heavy atom. The van der Waals surface area contributed by atoms with Gasteiger partial charge in [0, 0.05) is 0 Å². The summed E-state index contributed by atoms with van der Waals surface area (Å²) < 4.78 is 27.7. The van der Waals surface area contributed by atoms with Gasteiger partial charge >= 0.3 is 7.12 Å². The average molecular weight is 357 g/mol. The third-order valence-electron chi connectivity index (χ3n) is 5.15. The number of nitrogens with zero attached hydrogens (tertiary/aromatic N) is 3. The van der Waals surface area contributed by atoms with E-state index >= 15 is 0 Å². The predicted octanol–water partition coefficient (Wildman–Crippen LogP) is 3.89. The Hall–Kier alpha value is -1.99. The van der Waals surface area contributed by atoms with Crippen LogP contribution in [0.3, 0.4) is 0 Å². The summed E-state index contributed by atoms with van der Waals surface area (Å²) in [6.45, 7) is 12.3. The molecule has 0 N–H and O–H groups in total. The fourth-order valence-corrected chi connectivity index (χ4v) is 2.82. The molecule has 1 aliphatic rings. The number of rotatable bonds is 4. The molecular weight excluding hydrogens is 332 g/mol. The molecule has 138 valence electrons. The van der Waals surface area contributed by atoms with E-state index in [0.29, 0.717) is 12.2 Å².